The maximum absolute atomic E-state index is 12.7. The van der Waals surface area contributed by atoms with Gasteiger partial charge in [0.15, 0.2) is 16.7 Å². The zero-order valence-electron chi connectivity index (χ0n) is 18.9. The number of ether oxygens (including phenoxy) is 2. The van der Waals surface area contributed by atoms with Crippen LogP contribution in [0.4, 0.5) is 5.69 Å². The van der Waals surface area contributed by atoms with Crippen molar-refractivity contribution in [1.29, 1.82) is 0 Å². The summed E-state index contributed by atoms with van der Waals surface area (Å²) in [5.41, 5.74) is 5.14. The van der Waals surface area contributed by atoms with Gasteiger partial charge in [0, 0.05) is 18.2 Å². The van der Waals surface area contributed by atoms with Gasteiger partial charge >= 0.3 is 0 Å². The molecule has 2 heterocycles. The number of aromatic nitrogens is 3. The molecule has 1 aliphatic rings. The van der Waals surface area contributed by atoms with E-state index < -0.39 is 0 Å². The summed E-state index contributed by atoms with van der Waals surface area (Å²) in [6.45, 7) is 4.35. The number of nitrogens with one attached hydrogen (secondary N) is 1. The Balaban J connectivity index is 1.37. The number of thioether (sulfide) groups is 1. The first-order valence-electron chi connectivity index (χ1n) is 10.9. The van der Waals surface area contributed by atoms with Crippen LogP contribution in [0.5, 0.6) is 11.5 Å². The minimum absolute atomic E-state index is 0.136. The van der Waals surface area contributed by atoms with Crippen LogP contribution in [0, 0.1) is 13.8 Å². The van der Waals surface area contributed by atoms with Gasteiger partial charge in [0.2, 0.25) is 12.7 Å². The van der Waals surface area contributed by atoms with Crippen molar-refractivity contribution < 1.29 is 14.3 Å². The molecule has 0 saturated carbocycles. The van der Waals surface area contributed by atoms with Gasteiger partial charge in [-0.25, -0.2) is 0 Å². The van der Waals surface area contributed by atoms with E-state index in [-0.39, 0.29) is 18.5 Å². The highest BCUT2D eigenvalue weighted by Gasteiger charge is 2.19. The van der Waals surface area contributed by atoms with Crippen molar-refractivity contribution in [2.75, 3.05) is 17.9 Å². The van der Waals surface area contributed by atoms with Crippen LogP contribution < -0.4 is 14.8 Å². The number of carbonyl (C=O) groups excluding carboxylic acids is 1. The Morgan fingerprint density at radius 1 is 1.00 bits per heavy atom. The van der Waals surface area contributed by atoms with Crippen LogP contribution >= 0.6 is 11.8 Å². The molecule has 0 bridgehead atoms. The zero-order chi connectivity index (χ0) is 23.5. The monoisotopic (exact) mass is 472 g/mol. The highest BCUT2D eigenvalue weighted by Crippen LogP contribution is 2.34. The summed E-state index contributed by atoms with van der Waals surface area (Å²) in [7, 11) is 0. The van der Waals surface area contributed by atoms with E-state index in [1.165, 1.54) is 17.3 Å². The normalized spacial score (nSPS) is 12.1. The quantitative estimate of drug-likeness (QED) is 0.384. The average molecular weight is 473 g/mol. The number of benzene rings is 3. The molecule has 1 N–H and O–H groups in total. The maximum Gasteiger partial charge on any atom is 0.234 e. The molecule has 0 spiro atoms. The first-order chi connectivity index (χ1) is 16.6. The molecule has 7 nitrogen and oxygen atoms in total. The number of aryl methyl sites for hydroxylation is 2. The SMILES string of the molecule is Cc1ccc(-n2c(Cc3ccccc3)nnc2SCC(=O)Nc2ccc3c(c2)OCO3)c(C)c1. The molecule has 0 atom stereocenters. The number of anilines is 1. The van der Waals surface area contributed by atoms with Gasteiger partial charge in [-0.05, 0) is 43.2 Å². The Bertz CT molecular complexity index is 1340. The van der Waals surface area contributed by atoms with E-state index in [1.807, 2.05) is 18.2 Å². The number of hydrogen-bond donors (Lipinski definition) is 1. The summed E-state index contributed by atoms with van der Waals surface area (Å²) in [5.74, 6) is 2.20. The third-order valence-electron chi connectivity index (χ3n) is 5.49. The highest BCUT2D eigenvalue weighted by molar-refractivity contribution is 7.99. The molecule has 34 heavy (non-hydrogen) atoms. The van der Waals surface area contributed by atoms with Crippen molar-refractivity contribution in [3.63, 3.8) is 0 Å². The molecule has 1 amide bonds. The van der Waals surface area contributed by atoms with E-state index in [0.29, 0.717) is 28.8 Å². The first-order valence-corrected chi connectivity index (χ1v) is 11.9. The number of nitrogens with zero attached hydrogens (tertiary/aromatic N) is 3. The summed E-state index contributed by atoms with van der Waals surface area (Å²) in [4.78, 5) is 12.7. The van der Waals surface area contributed by atoms with E-state index in [0.717, 1.165) is 22.6 Å². The van der Waals surface area contributed by atoms with E-state index in [1.54, 1.807) is 18.2 Å². The Morgan fingerprint density at radius 2 is 1.82 bits per heavy atom. The fourth-order valence-corrected chi connectivity index (χ4v) is 4.65. The molecule has 3 aromatic carbocycles. The Labute approximate surface area is 202 Å². The van der Waals surface area contributed by atoms with Gasteiger partial charge < -0.3 is 14.8 Å². The van der Waals surface area contributed by atoms with Crippen LogP contribution in [0.25, 0.3) is 5.69 Å². The van der Waals surface area contributed by atoms with Crippen LogP contribution in [0.15, 0.2) is 71.9 Å². The average Bonchev–Trinajstić information content (AvgIpc) is 3.45. The lowest BCUT2D eigenvalue weighted by Crippen LogP contribution is -2.14. The molecule has 5 rings (SSSR count). The molecular formula is C26H24N4O3S. The molecule has 4 aromatic rings. The minimum Gasteiger partial charge on any atom is -0.454 e. The van der Waals surface area contributed by atoms with Gasteiger partial charge in [-0.2, -0.15) is 0 Å². The topological polar surface area (TPSA) is 78.3 Å². The van der Waals surface area contributed by atoms with Crippen LogP contribution in [-0.4, -0.2) is 33.2 Å². The molecule has 8 heteroatoms. The molecular weight excluding hydrogens is 448 g/mol. The molecule has 0 aliphatic carbocycles. The summed E-state index contributed by atoms with van der Waals surface area (Å²) < 4.78 is 12.8. The highest BCUT2D eigenvalue weighted by atomic mass is 32.2. The lowest BCUT2D eigenvalue weighted by atomic mass is 10.1. The number of fused-ring (bicyclic) bond motifs is 1. The number of hydrogen-bond acceptors (Lipinski definition) is 6. The molecule has 0 fully saturated rings. The van der Waals surface area contributed by atoms with Crippen molar-refractivity contribution in [2.24, 2.45) is 0 Å². The predicted molar refractivity (Wildman–Crippen MR) is 132 cm³/mol. The number of rotatable bonds is 7. The standard InChI is InChI=1S/C26H24N4O3S/c1-17-8-10-21(18(2)12-17)30-24(13-19-6-4-3-5-7-19)28-29-26(30)34-15-25(31)27-20-9-11-22-23(14-20)33-16-32-22/h3-12,14H,13,15-16H2,1-2H3,(H,27,31). The molecule has 1 aromatic heterocycles. The van der Waals surface area contributed by atoms with Crippen molar-refractivity contribution >= 4 is 23.4 Å². The second-order valence-corrected chi connectivity index (χ2v) is 9.03. The second-order valence-electron chi connectivity index (χ2n) is 8.09. The minimum atomic E-state index is -0.136. The van der Waals surface area contributed by atoms with Gasteiger partial charge in [-0.1, -0.05) is 59.8 Å². The fourth-order valence-electron chi connectivity index (χ4n) is 3.89. The van der Waals surface area contributed by atoms with Gasteiger partial charge in [-0.15, -0.1) is 10.2 Å². The third-order valence-corrected chi connectivity index (χ3v) is 6.42. The zero-order valence-corrected chi connectivity index (χ0v) is 19.8. The van der Waals surface area contributed by atoms with Crippen molar-refractivity contribution in [2.45, 2.75) is 25.4 Å². The van der Waals surface area contributed by atoms with Crippen molar-refractivity contribution in [3.05, 3.63) is 89.2 Å². The van der Waals surface area contributed by atoms with Crippen molar-refractivity contribution in [1.82, 2.24) is 14.8 Å². The molecule has 172 valence electrons. The van der Waals surface area contributed by atoms with Gasteiger partial charge in [0.1, 0.15) is 5.82 Å². The smallest absolute Gasteiger partial charge is 0.234 e. The predicted octanol–water partition coefficient (Wildman–Crippen LogP) is 4.93. The summed E-state index contributed by atoms with van der Waals surface area (Å²) in [6.07, 6.45) is 0.644. The number of carbonyl (C=O) groups is 1. The lowest BCUT2D eigenvalue weighted by molar-refractivity contribution is -0.113. The molecule has 0 saturated heterocycles. The van der Waals surface area contributed by atoms with E-state index in [9.17, 15) is 4.79 Å². The molecule has 0 radical (unpaired) electrons. The number of amides is 1. The second kappa shape index (κ2) is 9.61. The van der Waals surface area contributed by atoms with E-state index >= 15 is 0 Å². The van der Waals surface area contributed by atoms with E-state index in [2.05, 4.69) is 64.3 Å². The Morgan fingerprint density at radius 3 is 2.65 bits per heavy atom. The Kier molecular flexibility index (Phi) is 6.22. The largest absolute Gasteiger partial charge is 0.454 e. The Hall–Kier alpha value is -3.78. The van der Waals surface area contributed by atoms with Crippen LogP contribution in [0.3, 0.4) is 0 Å². The summed E-state index contributed by atoms with van der Waals surface area (Å²) >= 11 is 1.36. The maximum atomic E-state index is 12.7. The molecule has 0 unspecified atom stereocenters. The molecule has 1 aliphatic heterocycles. The fraction of sp³-hybridized carbons (Fsp3) is 0.192. The summed E-state index contributed by atoms with van der Waals surface area (Å²) in [5, 5.41) is 12.5. The first kappa shape index (κ1) is 22.0. The van der Waals surface area contributed by atoms with Crippen LogP contribution in [0.2, 0.25) is 0 Å². The van der Waals surface area contributed by atoms with E-state index in [4.69, 9.17) is 9.47 Å². The van der Waals surface area contributed by atoms with Gasteiger partial charge in [0.05, 0.1) is 11.4 Å². The van der Waals surface area contributed by atoms with Crippen molar-refractivity contribution in [3.8, 4) is 17.2 Å². The van der Waals surface area contributed by atoms with Gasteiger partial charge in [0.25, 0.3) is 0 Å². The van der Waals surface area contributed by atoms with Crippen LogP contribution in [0.1, 0.15) is 22.5 Å². The third kappa shape index (κ3) is 4.77. The lowest BCUT2D eigenvalue weighted by Gasteiger charge is -2.14. The summed E-state index contributed by atoms with van der Waals surface area (Å²) in [6, 6.07) is 21.8. The van der Waals surface area contributed by atoms with Gasteiger partial charge in [-0.3, -0.25) is 9.36 Å². The van der Waals surface area contributed by atoms with Crippen LogP contribution in [-0.2, 0) is 11.2 Å².